The molecule has 1 aliphatic heterocycles. The van der Waals surface area contributed by atoms with Crippen molar-refractivity contribution in [1.82, 2.24) is 4.98 Å². The zero-order valence-corrected chi connectivity index (χ0v) is 7.03. The molecule has 3 heteroatoms. The maximum Gasteiger partial charge on any atom is 0.0556 e. The summed E-state index contributed by atoms with van der Waals surface area (Å²) < 4.78 is 0. The number of nitrogens with two attached hydrogens (primary N) is 1. The van der Waals surface area contributed by atoms with Crippen LogP contribution in [0.4, 0.5) is 5.69 Å². The van der Waals surface area contributed by atoms with Gasteiger partial charge in [0.2, 0.25) is 0 Å². The van der Waals surface area contributed by atoms with E-state index in [0.29, 0.717) is 6.54 Å². The molecule has 0 saturated carbocycles. The lowest BCUT2D eigenvalue weighted by molar-refractivity contribution is 0.616. The largest absolute Gasteiger partial charge is 0.370 e. The predicted molar refractivity (Wildman–Crippen MR) is 49.0 cm³/mol. The van der Waals surface area contributed by atoms with Crippen LogP contribution in [0.2, 0.25) is 0 Å². The van der Waals surface area contributed by atoms with Crippen LogP contribution in [-0.2, 0) is 6.54 Å². The zero-order valence-electron chi connectivity index (χ0n) is 7.03. The second kappa shape index (κ2) is 3.11. The SMILES string of the molecule is NCc1cncc(N2CCC2)c1. The van der Waals surface area contributed by atoms with Gasteiger partial charge in [0.25, 0.3) is 0 Å². The molecule has 0 bridgehead atoms. The molecule has 1 aliphatic rings. The van der Waals surface area contributed by atoms with Crippen LogP contribution in [0.25, 0.3) is 0 Å². The normalized spacial score (nSPS) is 15.9. The van der Waals surface area contributed by atoms with Gasteiger partial charge >= 0.3 is 0 Å². The minimum absolute atomic E-state index is 0.578. The summed E-state index contributed by atoms with van der Waals surface area (Å²) in [6, 6.07) is 2.12. The van der Waals surface area contributed by atoms with E-state index in [0.717, 1.165) is 18.7 Å². The maximum atomic E-state index is 5.52. The second-order valence-corrected chi connectivity index (χ2v) is 3.10. The Morgan fingerprint density at radius 3 is 2.83 bits per heavy atom. The quantitative estimate of drug-likeness (QED) is 0.699. The van der Waals surface area contributed by atoms with Crippen LogP contribution in [0.5, 0.6) is 0 Å². The van der Waals surface area contributed by atoms with E-state index < -0.39 is 0 Å². The van der Waals surface area contributed by atoms with Crippen molar-refractivity contribution >= 4 is 5.69 Å². The molecule has 0 aromatic carbocycles. The Morgan fingerprint density at radius 1 is 1.42 bits per heavy atom. The molecule has 12 heavy (non-hydrogen) atoms. The van der Waals surface area contributed by atoms with Crippen molar-refractivity contribution < 1.29 is 0 Å². The summed E-state index contributed by atoms with van der Waals surface area (Å²) in [7, 11) is 0. The monoisotopic (exact) mass is 163 g/mol. The van der Waals surface area contributed by atoms with E-state index in [9.17, 15) is 0 Å². The minimum atomic E-state index is 0.578. The Morgan fingerprint density at radius 2 is 2.25 bits per heavy atom. The first-order valence-electron chi connectivity index (χ1n) is 4.29. The molecule has 1 aromatic heterocycles. The fourth-order valence-electron chi connectivity index (χ4n) is 1.33. The lowest BCUT2D eigenvalue weighted by atomic mass is 10.2. The van der Waals surface area contributed by atoms with E-state index in [1.54, 1.807) is 0 Å². The topological polar surface area (TPSA) is 42.1 Å². The lowest BCUT2D eigenvalue weighted by Crippen LogP contribution is -2.37. The standard InChI is InChI=1S/C9H13N3/c10-5-8-4-9(7-11-6-8)12-2-1-3-12/h4,6-7H,1-3,5,10H2. The van der Waals surface area contributed by atoms with Crippen molar-refractivity contribution in [3.05, 3.63) is 24.0 Å². The highest BCUT2D eigenvalue weighted by Crippen LogP contribution is 2.19. The van der Waals surface area contributed by atoms with Gasteiger partial charge in [-0.05, 0) is 18.1 Å². The molecule has 0 atom stereocenters. The summed E-state index contributed by atoms with van der Waals surface area (Å²) in [5, 5.41) is 0. The van der Waals surface area contributed by atoms with Crippen molar-refractivity contribution in [2.45, 2.75) is 13.0 Å². The van der Waals surface area contributed by atoms with Gasteiger partial charge in [0.05, 0.1) is 11.9 Å². The smallest absolute Gasteiger partial charge is 0.0556 e. The molecule has 0 radical (unpaired) electrons. The molecule has 3 nitrogen and oxygen atoms in total. The van der Waals surface area contributed by atoms with Gasteiger partial charge in [0.15, 0.2) is 0 Å². The van der Waals surface area contributed by atoms with E-state index in [-0.39, 0.29) is 0 Å². The molecule has 0 unspecified atom stereocenters. The zero-order chi connectivity index (χ0) is 8.39. The number of anilines is 1. The van der Waals surface area contributed by atoms with Gasteiger partial charge in [-0.2, -0.15) is 0 Å². The third-order valence-electron chi connectivity index (χ3n) is 2.24. The van der Waals surface area contributed by atoms with E-state index in [2.05, 4.69) is 16.0 Å². The average molecular weight is 163 g/mol. The van der Waals surface area contributed by atoms with Crippen molar-refractivity contribution in [2.75, 3.05) is 18.0 Å². The van der Waals surface area contributed by atoms with E-state index >= 15 is 0 Å². The predicted octanol–water partition coefficient (Wildman–Crippen LogP) is 0.750. The molecular weight excluding hydrogens is 150 g/mol. The van der Waals surface area contributed by atoms with E-state index in [1.807, 2.05) is 12.4 Å². The molecule has 1 fully saturated rings. The lowest BCUT2D eigenvalue weighted by Gasteiger charge is -2.32. The number of hydrogen-bond donors (Lipinski definition) is 1. The van der Waals surface area contributed by atoms with Gasteiger partial charge in [-0.15, -0.1) is 0 Å². The Labute approximate surface area is 72.2 Å². The summed E-state index contributed by atoms with van der Waals surface area (Å²) in [6.07, 6.45) is 5.02. The van der Waals surface area contributed by atoms with Gasteiger partial charge in [0.1, 0.15) is 0 Å². The van der Waals surface area contributed by atoms with Gasteiger partial charge in [-0.1, -0.05) is 0 Å². The Bertz CT molecular complexity index is 268. The van der Waals surface area contributed by atoms with Crippen LogP contribution in [0.3, 0.4) is 0 Å². The third kappa shape index (κ3) is 1.28. The molecular formula is C9H13N3. The number of hydrogen-bond acceptors (Lipinski definition) is 3. The molecule has 2 N–H and O–H groups in total. The molecule has 1 saturated heterocycles. The number of rotatable bonds is 2. The molecule has 2 heterocycles. The summed E-state index contributed by atoms with van der Waals surface area (Å²) in [5.41, 5.74) is 7.84. The highest BCUT2D eigenvalue weighted by atomic mass is 15.2. The highest BCUT2D eigenvalue weighted by molar-refractivity contribution is 5.47. The van der Waals surface area contributed by atoms with Gasteiger partial charge in [-0.3, -0.25) is 4.98 Å². The first kappa shape index (κ1) is 7.55. The Hall–Kier alpha value is -1.09. The van der Waals surface area contributed by atoms with Crippen LogP contribution < -0.4 is 10.6 Å². The highest BCUT2D eigenvalue weighted by Gasteiger charge is 2.14. The van der Waals surface area contributed by atoms with E-state index in [4.69, 9.17) is 5.73 Å². The number of pyridine rings is 1. The molecule has 64 valence electrons. The second-order valence-electron chi connectivity index (χ2n) is 3.10. The number of aromatic nitrogens is 1. The van der Waals surface area contributed by atoms with Crippen molar-refractivity contribution in [3.8, 4) is 0 Å². The summed E-state index contributed by atoms with van der Waals surface area (Å²) in [5.74, 6) is 0. The van der Waals surface area contributed by atoms with Crippen LogP contribution in [0.15, 0.2) is 18.5 Å². The first-order chi connectivity index (χ1) is 5.90. The van der Waals surface area contributed by atoms with Gasteiger partial charge in [-0.25, -0.2) is 0 Å². The van der Waals surface area contributed by atoms with Gasteiger partial charge in [0, 0.05) is 25.8 Å². The fourth-order valence-corrected chi connectivity index (χ4v) is 1.33. The maximum absolute atomic E-state index is 5.52. The first-order valence-corrected chi connectivity index (χ1v) is 4.29. The molecule has 0 spiro atoms. The van der Waals surface area contributed by atoms with Crippen molar-refractivity contribution in [1.29, 1.82) is 0 Å². The molecule has 0 amide bonds. The van der Waals surface area contributed by atoms with Crippen LogP contribution >= 0.6 is 0 Å². The van der Waals surface area contributed by atoms with Crippen molar-refractivity contribution in [3.63, 3.8) is 0 Å². The summed E-state index contributed by atoms with van der Waals surface area (Å²) >= 11 is 0. The average Bonchev–Trinajstić information content (AvgIpc) is 2.02. The van der Waals surface area contributed by atoms with E-state index in [1.165, 1.54) is 12.1 Å². The van der Waals surface area contributed by atoms with Crippen molar-refractivity contribution in [2.24, 2.45) is 5.73 Å². The Kier molecular flexibility index (Phi) is 1.96. The van der Waals surface area contributed by atoms with Crippen LogP contribution in [0, 0.1) is 0 Å². The number of nitrogens with zero attached hydrogens (tertiary/aromatic N) is 2. The Balaban J connectivity index is 2.19. The molecule has 1 aromatic rings. The van der Waals surface area contributed by atoms with Gasteiger partial charge < -0.3 is 10.6 Å². The fraction of sp³-hybridized carbons (Fsp3) is 0.444. The molecule has 2 rings (SSSR count). The van der Waals surface area contributed by atoms with Crippen LogP contribution in [-0.4, -0.2) is 18.1 Å². The molecule has 0 aliphatic carbocycles. The third-order valence-corrected chi connectivity index (χ3v) is 2.24. The summed E-state index contributed by atoms with van der Waals surface area (Å²) in [4.78, 5) is 6.45. The van der Waals surface area contributed by atoms with Crippen LogP contribution in [0.1, 0.15) is 12.0 Å². The summed E-state index contributed by atoms with van der Waals surface area (Å²) in [6.45, 7) is 2.90. The minimum Gasteiger partial charge on any atom is -0.370 e.